The van der Waals surface area contributed by atoms with Crippen LogP contribution >= 0.6 is 0 Å². The molecule has 0 radical (unpaired) electrons. The van der Waals surface area contributed by atoms with Crippen molar-refractivity contribution >= 4 is 17.3 Å². The van der Waals surface area contributed by atoms with Gasteiger partial charge in [-0.05, 0) is 30.7 Å². The number of hydrogen-bond acceptors (Lipinski definition) is 6. The van der Waals surface area contributed by atoms with Crippen molar-refractivity contribution in [2.45, 2.75) is 32.0 Å². The number of fused-ring (bicyclic) bond motifs is 1. The van der Waals surface area contributed by atoms with Gasteiger partial charge in [-0.3, -0.25) is 9.59 Å². The van der Waals surface area contributed by atoms with E-state index in [1.165, 1.54) is 12.1 Å². The average molecular weight is 536 g/mol. The average Bonchev–Trinajstić information content (AvgIpc) is 3.63. The van der Waals surface area contributed by atoms with Crippen LogP contribution in [0.15, 0.2) is 96.2 Å². The van der Waals surface area contributed by atoms with Crippen molar-refractivity contribution in [2.75, 3.05) is 6.61 Å². The van der Waals surface area contributed by atoms with Crippen LogP contribution < -0.4 is 9.47 Å². The lowest BCUT2D eigenvalue weighted by Crippen LogP contribution is -2.20. The molecular weight excluding hydrogens is 509 g/mol. The summed E-state index contributed by atoms with van der Waals surface area (Å²) in [6, 6.07) is 25.5. The predicted octanol–water partition coefficient (Wildman–Crippen LogP) is 6.18. The summed E-state index contributed by atoms with van der Waals surface area (Å²) in [5.41, 5.74) is 3.76. The number of carbonyl (C=O) groups is 2. The molecule has 40 heavy (non-hydrogen) atoms. The number of benzene rings is 4. The van der Waals surface area contributed by atoms with Gasteiger partial charge in [0.05, 0.1) is 16.8 Å². The van der Waals surface area contributed by atoms with Crippen molar-refractivity contribution < 1.29 is 28.3 Å². The first-order chi connectivity index (χ1) is 19.5. The summed E-state index contributed by atoms with van der Waals surface area (Å²) < 4.78 is 25.8. The lowest BCUT2D eigenvalue weighted by molar-refractivity contribution is 0.0465. The van der Waals surface area contributed by atoms with Gasteiger partial charge in [0.25, 0.3) is 0 Å². The van der Waals surface area contributed by atoms with Crippen LogP contribution in [0.4, 0.5) is 4.39 Å². The molecule has 0 aliphatic carbocycles. The molecule has 0 aromatic heterocycles. The fourth-order valence-electron chi connectivity index (χ4n) is 5.05. The van der Waals surface area contributed by atoms with Crippen molar-refractivity contribution in [2.24, 2.45) is 5.16 Å². The van der Waals surface area contributed by atoms with E-state index in [2.05, 4.69) is 5.16 Å². The molecular formula is C33H26FNO5. The molecule has 2 heterocycles. The molecule has 0 saturated carbocycles. The van der Waals surface area contributed by atoms with Gasteiger partial charge in [-0.1, -0.05) is 78.0 Å². The Morgan fingerprint density at radius 2 is 1.50 bits per heavy atom. The third-order valence-corrected chi connectivity index (χ3v) is 7.02. The summed E-state index contributed by atoms with van der Waals surface area (Å²) in [6.07, 6.45) is 0.352. The van der Waals surface area contributed by atoms with Crippen molar-refractivity contribution in [1.82, 2.24) is 0 Å². The molecule has 0 amide bonds. The highest BCUT2D eigenvalue weighted by molar-refractivity contribution is 6.16. The minimum Gasteiger partial charge on any atom is -0.489 e. The SMILES string of the molecule is CC1Cc2c(OCC3CC(c4ccc(F)cc4)=NO3)c(C(=O)c3ccccc3)cc(C(=O)c3ccccc3)c2O1. The number of nitrogens with zero attached hydrogens (tertiary/aromatic N) is 1. The maximum atomic E-state index is 13.8. The maximum absolute atomic E-state index is 13.8. The molecule has 4 aromatic rings. The molecule has 2 aliphatic heterocycles. The Balaban J connectivity index is 1.35. The summed E-state index contributed by atoms with van der Waals surface area (Å²) >= 11 is 0. The Labute approximate surface area is 231 Å². The largest absolute Gasteiger partial charge is 0.489 e. The van der Waals surface area contributed by atoms with Crippen LogP contribution in [-0.2, 0) is 11.3 Å². The highest BCUT2D eigenvalue weighted by atomic mass is 19.1. The van der Waals surface area contributed by atoms with Crippen LogP contribution in [0.1, 0.15) is 56.3 Å². The third kappa shape index (κ3) is 4.98. The monoisotopic (exact) mass is 535 g/mol. The van der Waals surface area contributed by atoms with Gasteiger partial charge in [-0.25, -0.2) is 4.39 Å². The maximum Gasteiger partial charge on any atom is 0.196 e. The highest BCUT2D eigenvalue weighted by Crippen LogP contribution is 2.43. The van der Waals surface area contributed by atoms with E-state index in [9.17, 15) is 14.0 Å². The Hall–Kier alpha value is -4.78. The lowest BCUT2D eigenvalue weighted by Gasteiger charge is -2.18. The van der Waals surface area contributed by atoms with E-state index in [1.807, 2.05) is 19.1 Å². The van der Waals surface area contributed by atoms with E-state index >= 15 is 0 Å². The minimum absolute atomic E-state index is 0.121. The van der Waals surface area contributed by atoms with Crippen LogP contribution in [-0.4, -0.2) is 36.1 Å². The molecule has 2 atom stereocenters. The van der Waals surface area contributed by atoms with Crippen molar-refractivity contribution in [3.63, 3.8) is 0 Å². The van der Waals surface area contributed by atoms with Crippen LogP contribution in [0, 0.1) is 5.82 Å². The normalized spacial score (nSPS) is 17.4. The first-order valence-electron chi connectivity index (χ1n) is 13.2. The number of ketones is 2. The molecule has 0 fully saturated rings. The summed E-state index contributed by atoms with van der Waals surface area (Å²) in [4.78, 5) is 33.0. The fraction of sp³-hybridized carbons (Fsp3) is 0.182. The molecule has 0 saturated heterocycles. The summed E-state index contributed by atoms with van der Waals surface area (Å²) in [7, 11) is 0. The van der Waals surface area contributed by atoms with E-state index < -0.39 is 6.10 Å². The van der Waals surface area contributed by atoms with Crippen molar-refractivity contribution in [3.8, 4) is 11.5 Å². The lowest BCUT2D eigenvalue weighted by atomic mass is 9.92. The van der Waals surface area contributed by atoms with Gasteiger partial charge in [0.2, 0.25) is 0 Å². The van der Waals surface area contributed by atoms with Crippen LogP contribution in [0.5, 0.6) is 11.5 Å². The number of ether oxygens (including phenoxy) is 2. The minimum atomic E-state index is -0.402. The number of carbonyl (C=O) groups excluding carboxylic acids is 2. The van der Waals surface area contributed by atoms with Crippen LogP contribution in [0.3, 0.4) is 0 Å². The van der Waals surface area contributed by atoms with Crippen molar-refractivity contribution in [1.29, 1.82) is 0 Å². The molecule has 200 valence electrons. The molecule has 0 bridgehead atoms. The van der Waals surface area contributed by atoms with Gasteiger partial charge in [0.1, 0.15) is 30.0 Å². The first-order valence-corrected chi connectivity index (χ1v) is 13.2. The zero-order chi connectivity index (χ0) is 27.6. The second-order valence-electron chi connectivity index (χ2n) is 9.92. The van der Waals surface area contributed by atoms with E-state index in [0.717, 1.165) is 5.56 Å². The second-order valence-corrected chi connectivity index (χ2v) is 9.92. The summed E-state index contributed by atoms with van der Waals surface area (Å²) in [6.45, 7) is 2.04. The van der Waals surface area contributed by atoms with E-state index in [4.69, 9.17) is 14.3 Å². The Morgan fingerprint density at radius 3 is 2.15 bits per heavy atom. The Kier molecular flexibility index (Phi) is 6.86. The summed E-state index contributed by atoms with van der Waals surface area (Å²) in [5, 5.41) is 4.17. The topological polar surface area (TPSA) is 74.2 Å². The number of oxime groups is 1. The second kappa shape index (κ2) is 10.8. The van der Waals surface area contributed by atoms with Crippen LogP contribution in [0.2, 0.25) is 0 Å². The molecule has 7 heteroatoms. The zero-order valence-corrected chi connectivity index (χ0v) is 21.8. The van der Waals surface area contributed by atoms with E-state index in [0.29, 0.717) is 57.9 Å². The van der Waals surface area contributed by atoms with Crippen molar-refractivity contribution in [3.05, 3.63) is 130 Å². The van der Waals surface area contributed by atoms with Gasteiger partial charge >= 0.3 is 0 Å². The smallest absolute Gasteiger partial charge is 0.196 e. The fourth-order valence-corrected chi connectivity index (χ4v) is 5.05. The molecule has 6 nitrogen and oxygen atoms in total. The number of hydrogen-bond donors (Lipinski definition) is 0. The van der Waals surface area contributed by atoms with Gasteiger partial charge in [-0.2, -0.15) is 0 Å². The summed E-state index contributed by atoms with van der Waals surface area (Å²) in [5.74, 6) is 0.0261. The van der Waals surface area contributed by atoms with Gasteiger partial charge in [0, 0.05) is 29.5 Å². The van der Waals surface area contributed by atoms with E-state index in [1.54, 1.807) is 66.7 Å². The van der Waals surface area contributed by atoms with E-state index in [-0.39, 0.29) is 30.1 Å². The number of rotatable bonds is 8. The standard InChI is InChI=1S/C33H26FNO5/c1-20-16-28-32(38-19-25-17-29(35-40-25)21-12-14-24(34)15-13-21)26(30(36)22-8-4-2-5-9-22)18-27(33(28)39-20)31(37)23-10-6-3-7-11-23/h2-15,18,20,25H,16-17,19H2,1H3. The number of halogens is 1. The molecule has 0 spiro atoms. The molecule has 4 aromatic carbocycles. The third-order valence-electron chi connectivity index (χ3n) is 7.02. The first kappa shape index (κ1) is 25.5. The molecule has 2 unspecified atom stereocenters. The molecule has 6 rings (SSSR count). The highest BCUT2D eigenvalue weighted by Gasteiger charge is 2.34. The molecule has 2 aliphatic rings. The van der Waals surface area contributed by atoms with Gasteiger partial charge in [-0.15, -0.1) is 0 Å². The van der Waals surface area contributed by atoms with Gasteiger partial charge in [0.15, 0.2) is 17.7 Å². The molecule has 0 N–H and O–H groups in total. The Bertz CT molecular complexity index is 1600. The zero-order valence-electron chi connectivity index (χ0n) is 21.8. The van der Waals surface area contributed by atoms with Gasteiger partial charge < -0.3 is 14.3 Å². The van der Waals surface area contributed by atoms with Crippen LogP contribution in [0.25, 0.3) is 0 Å². The quantitative estimate of drug-likeness (QED) is 0.252. The Morgan fingerprint density at radius 1 is 0.875 bits per heavy atom. The predicted molar refractivity (Wildman–Crippen MR) is 148 cm³/mol.